The highest BCUT2D eigenvalue weighted by molar-refractivity contribution is 5.90. The number of carbonyl (C=O) groups excluding carboxylic acids is 1. The van der Waals surface area contributed by atoms with E-state index >= 15 is 0 Å². The molecule has 0 heterocycles. The Hall–Kier alpha value is -2.29. The van der Waals surface area contributed by atoms with E-state index in [2.05, 4.69) is 19.2 Å². The fraction of sp³-hybridized carbons (Fsp3) is 0.350. The molecular formula is C20H25NO2. The van der Waals surface area contributed by atoms with Gasteiger partial charge in [-0.15, -0.1) is 0 Å². The second kappa shape index (κ2) is 8.37. The van der Waals surface area contributed by atoms with Gasteiger partial charge in [-0.05, 0) is 49.1 Å². The first kappa shape index (κ1) is 17.1. The molecule has 0 aliphatic heterocycles. The molecule has 0 fully saturated rings. The average molecular weight is 311 g/mol. The molecule has 0 spiro atoms. The lowest BCUT2D eigenvalue weighted by Gasteiger charge is -2.10. The van der Waals surface area contributed by atoms with Gasteiger partial charge in [0.05, 0.1) is 6.61 Å². The van der Waals surface area contributed by atoms with E-state index in [9.17, 15) is 4.79 Å². The van der Waals surface area contributed by atoms with Gasteiger partial charge in [-0.3, -0.25) is 4.79 Å². The number of anilines is 1. The number of amides is 1. The Kier molecular flexibility index (Phi) is 6.21. The Bertz CT molecular complexity index is 632. The zero-order chi connectivity index (χ0) is 16.7. The van der Waals surface area contributed by atoms with Gasteiger partial charge in [-0.2, -0.15) is 0 Å². The first-order valence-electron chi connectivity index (χ1n) is 8.11. The van der Waals surface area contributed by atoms with Crippen LogP contribution in [-0.4, -0.2) is 12.5 Å². The van der Waals surface area contributed by atoms with Gasteiger partial charge < -0.3 is 10.1 Å². The summed E-state index contributed by atoms with van der Waals surface area (Å²) in [5.74, 6) is 1.40. The van der Waals surface area contributed by atoms with E-state index < -0.39 is 0 Å². The van der Waals surface area contributed by atoms with E-state index in [-0.39, 0.29) is 5.91 Å². The van der Waals surface area contributed by atoms with Gasteiger partial charge in [0.15, 0.2) is 0 Å². The summed E-state index contributed by atoms with van der Waals surface area (Å²) in [6.45, 7) is 6.98. The van der Waals surface area contributed by atoms with E-state index in [0.29, 0.717) is 25.4 Å². The molecule has 3 nitrogen and oxygen atoms in total. The second-order valence-corrected chi connectivity index (χ2v) is 6.27. The van der Waals surface area contributed by atoms with Gasteiger partial charge >= 0.3 is 0 Å². The van der Waals surface area contributed by atoms with Crippen molar-refractivity contribution in [2.75, 3.05) is 11.9 Å². The molecule has 2 aromatic carbocycles. The summed E-state index contributed by atoms with van der Waals surface area (Å²) in [7, 11) is 0. The van der Waals surface area contributed by atoms with Crippen molar-refractivity contribution < 1.29 is 9.53 Å². The largest absolute Gasteiger partial charge is 0.493 e. The Morgan fingerprint density at radius 2 is 1.87 bits per heavy atom. The summed E-state index contributed by atoms with van der Waals surface area (Å²) in [5.41, 5.74) is 3.14. The molecule has 0 radical (unpaired) electrons. The number of carbonyl (C=O) groups is 1. The van der Waals surface area contributed by atoms with Gasteiger partial charge in [-0.1, -0.05) is 43.7 Å². The molecule has 23 heavy (non-hydrogen) atoms. The van der Waals surface area contributed by atoms with Crippen molar-refractivity contribution in [1.82, 2.24) is 0 Å². The minimum atomic E-state index is 0.0300. The number of ether oxygens (including phenoxy) is 1. The van der Waals surface area contributed by atoms with Crippen LogP contribution >= 0.6 is 0 Å². The lowest BCUT2D eigenvalue weighted by atomic mass is 10.1. The van der Waals surface area contributed by atoms with Crippen LogP contribution in [-0.2, 0) is 11.2 Å². The Morgan fingerprint density at radius 3 is 2.57 bits per heavy atom. The van der Waals surface area contributed by atoms with Crippen molar-refractivity contribution in [3.63, 3.8) is 0 Å². The van der Waals surface area contributed by atoms with Crippen LogP contribution in [0, 0.1) is 12.8 Å². The van der Waals surface area contributed by atoms with Crippen molar-refractivity contribution in [2.24, 2.45) is 5.92 Å². The zero-order valence-electron chi connectivity index (χ0n) is 14.1. The maximum absolute atomic E-state index is 12.0. The molecule has 3 heteroatoms. The van der Waals surface area contributed by atoms with E-state index in [1.165, 1.54) is 5.56 Å². The molecule has 1 amide bonds. The van der Waals surface area contributed by atoms with Crippen LogP contribution in [0.4, 0.5) is 5.69 Å². The molecule has 2 rings (SSSR count). The van der Waals surface area contributed by atoms with Gasteiger partial charge in [-0.25, -0.2) is 0 Å². The maximum Gasteiger partial charge on any atom is 0.224 e. The SMILES string of the molecule is Cc1ccc(NC(=O)CCc2cccc(OCC(C)C)c2)cc1. The standard InChI is InChI=1S/C20H25NO2/c1-15(2)14-23-19-6-4-5-17(13-19)9-12-20(22)21-18-10-7-16(3)8-11-18/h4-8,10-11,13,15H,9,12,14H2,1-3H3,(H,21,22). The van der Waals surface area contributed by atoms with Crippen LogP contribution in [0.5, 0.6) is 5.75 Å². The van der Waals surface area contributed by atoms with Gasteiger partial charge in [0.25, 0.3) is 0 Å². The quantitative estimate of drug-likeness (QED) is 0.811. The van der Waals surface area contributed by atoms with Crippen LogP contribution in [0.2, 0.25) is 0 Å². The summed E-state index contributed by atoms with van der Waals surface area (Å²) in [4.78, 5) is 12.0. The molecule has 0 atom stereocenters. The Balaban J connectivity index is 1.84. The number of benzene rings is 2. The smallest absolute Gasteiger partial charge is 0.224 e. The van der Waals surface area contributed by atoms with Crippen molar-refractivity contribution in [1.29, 1.82) is 0 Å². The monoisotopic (exact) mass is 311 g/mol. The number of nitrogens with one attached hydrogen (secondary N) is 1. The van der Waals surface area contributed by atoms with Crippen molar-refractivity contribution in [3.8, 4) is 5.75 Å². The summed E-state index contributed by atoms with van der Waals surface area (Å²) < 4.78 is 5.72. The van der Waals surface area contributed by atoms with Crippen LogP contribution in [0.3, 0.4) is 0 Å². The highest BCUT2D eigenvalue weighted by Gasteiger charge is 2.05. The first-order chi connectivity index (χ1) is 11.0. The lowest BCUT2D eigenvalue weighted by molar-refractivity contribution is -0.116. The van der Waals surface area contributed by atoms with Crippen LogP contribution in [0.15, 0.2) is 48.5 Å². The predicted octanol–water partition coefficient (Wildman–Crippen LogP) is 4.60. The number of aryl methyl sites for hydroxylation is 2. The molecule has 0 bridgehead atoms. The zero-order valence-corrected chi connectivity index (χ0v) is 14.1. The number of hydrogen-bond acceptors (Lipinski definition) is 2. The maximum atomic E-state index is 12.0. The van der Waals surface area contributed by atoms with Crippen LogP contribution in [0.1, 0.15) is 31.4 Å². The highest BCUT2D eigenvalue weighted by atomic mass is 16.5. The van der Waals surface area contributed by atoms with Gasteiger partial charge in [0, 0.05) is 12.1 Å². The minimum absolute atomic E-state index is 0.0300. The topological polar surface area (TPSA) is 38.3 Å². The van der Waals surface area contributed by atoms with E-state index in [1.54, 1.807) is 0 Å². The second-order valence-electron chi connectivity index (χ2n) is 6.27. The molecule has 2 aromatic rings. The first-order valence-corrected chi connectivity index (χ1v) is 8.11. The third-order valence-electron chi connectivity index (χ3n) is 3.46. The van der Waals surface area contributed by atoms with Crippen molar-refractivity contribution >= 4 is 11.6 Å². The van der Waals surface area contributed by atoms with Gasteiger partial charge in [0.1, 0.15) is 5.75 Å². The molecular weight excluding hydrogens is 286 g/mol. The Labute approximate surface area is 138 Å². The molecule has 1 N–H and O–H groups in total. The molecule has 0 aliphatic rings. The summed E-state index contributed by atoms with van der Waals surface area (Å²) in [6.07, 6.45) is 1.16. The normalized spacial score (nSPS) is 10.6. The predicted molar refractivity (Wildman–Crippen MR) is 94.9 cm³/mol. The minimum Gasteiger partial charge on any atom is -0.493 e. The van der Waals surface area contributed by atoms with E-state index in [1.807, 2.05) is 55.5 Å². The third-order valence-corrected chi connectivity index (χ3v) is 3.46. The fourth-order valence-electron chi connectivity index (χ4n) is 2.17. The molecule has 0 aromatic heterocycles. The lowest BCUT2D eigenvalue weighted by Crippen LogP contribution is -2.12. The Morgan fingerprint density at radius 1 is 1.13 bits per heavy atom. The molecule has 0 aliphatic carbocycles. The number of hydrogen-bond donors (Lipinski definition) is 1. The molecule has 0 unspecified atom stereocenters. The number of rotatable bonds is 7. The molecule has 122 valence electrons. The molecule has 0 saturated heterocycles. The van der Waals surface area contributed by atoms with E-state index in [0.717, 1.165) is 17.0 Å². The van der Waals surface area contributed by atoms with E-state index in [4.69, 9.17) is 4.74 Å². The van der Waals surface area contributed by atoms with Crippen molar-refractivity contribution in [3.05, 3.63) is 59.7 Å². The molecule has 0 saturated carbocycles. The van der Waals surface area contributed by atoms with Crippen LogP contribution in [0.25, 0.3) is 0 Å². The average Bonchev–Trinajstić information content (AvgIpc) is 2.54. The van der Waals surface area contributed by atoms with Crippen LogP contribution < -0.4 is 10.1 Å². The summed E-state index contributed by atoms with van der Waals surface area (Å²) in [5, 5.41) is 2.92. The van der Waals surface area contributed by atoms with Gasteiger partial charge in [0.2, 0.25) is 5.91 Å². The fourth-order valence-corrected chi connectivity index (χ4v) is 2.17. The third kappa shape index (κ3) is 6.15. The summed E-state index contributed by atoms with van der Waals surface area (Å²) in [6, 6.07) is 15.8. The highest BCUT2D eigenvalue weighted by Crippen LogP contribution is 2.16. The van der Waals surface area contributed by atoms with Crippen molar-refractivity contribution in [2.45, 2.75) is 33.6 Å². The summed E-state index contributed by atoms with van der Waals surface area (Å²) >= 11 is 0.